The summed E-state index contributed by atoms with van der Waals surface area (Å²) in [5.74, 6) is 0.297. The van der Waals surface area contributed by atoms with Gasteiger partial charge in [-0.05, 0) is 24.3 Å². The van der Waals surface area contributed by atoms with Crippen LogP contribution in [0.5, 0.6) is 0 Å². The molecule has 1 aromatic heterocycles. The van der Waals surface area contributed by atoms with Crippen molar-refractivity contribution in [2.45, 2.75) is 12.4 Å². The number of rotatable bonds is 4. The zero-order valence-electron chi connectivity index (χ0n) is 11.6. The fourth-order valence-corrected chi connectivity index (χ4v) is 3.55. The average Bonchev–Trinajstić information content (AvgIpc) is 2.97. The van der Waals surface area contributed by atoms with E-state index in [-0.39, 0.29) is 5.82 Å². The molecule has 0 radical (unpaired) electrons. The summed E-state index contributed by atoms with van der Waals surface area (Å²) < 4.78 is 12.9. The van der Waals surface area contributed by atoms with Gasteiger partial charge in [0.15, 0.2) is 0 Å². The lowest BCUT2D eigenvalue weighted by molar-refractivity contribution is 0.249. The monoisotopic (exact) mass is 325 g/mol. The number of piperazine rings is 1. The molecule has 6 heteroatoms. The molecule has 112 valence electrons. The van der Waals surface area contributed by atoms with Crippen molar-refractivity contribution in [1.82, 2.24) is 9.88 Å². The Kier molecular flexibility index (Phi) is 4.73. The third kappa shape index (κ3) is 3.73. The predicted octanol–water partition coefficient (Wildman–Crippen LogP) is 3.34. The molecule has 0 amide bonds. The van der Waals surface area contributed by atoms with Gasteiger partial charge < -0.3 is 4.90 Å². The van der Waals surface area contributed by atoms with Gasteiger partial charge in [-0.1, -0.05) is 0 Å². The van der Waals surface area contributed by atoms with Gasteiger partial charge in [-0.15, -0.1) is 22.9 Å². The number of nitrogens with zero attached hydrogens (tertiary/aromatic N) is 3. The van der Waals surface area contributed by atoms with Crippen LogP contribution in [0.4, 0.5) is 10.1 Å². The van der Waals surface area contributed by atoms with Crippen LogP contribution in [0.1, 0.15) is 10.7 Å². The molecule has 0 aliphatic carbocycles. The highest BCUT2D eigenvalue weighted by atomic mass is 35.5. The summed E-state index contributed by atoms with van der Waals surface area (Å²) in [5.41, 5.74) is 2.05. The van der Waals surface area contributed by atoms with Crippen molar-refractivity contribution >= 4 is 28.6 Å². The number of benzene rings is 1. The molecule has 2 aromatic rings. The Hall–Kier alpha value is -1.17. The van der Waals surface area contributed by atoms with Crippen molar-refractivity contribution in [2.75, 3.05) is 31.1 Å². The first-order chi connectivity index (χ1) is 10.2. The van der Waals surface area contributed by atoms with Crippen LogP contribution in [0.3, 0.4) is 0 Å². The highest BCUT2D eigenvalue weighted by molar-refractivity contribution is 7.09. The molecule has 0 saturated carbocycles. The number of hydrogen-bond acceptors (Lipinski definition) is 4. The minimum absolute atomic E-state index is 0.184. The number of anilines is 1. The summed E-state index contributed by atoms with van der Waals surface area (Å²) in [6, 6.07) is 6.73. The van der Waals surface area contributed by atoms with Crippen molar-refractivity contribution in [2.24, 2.45) is 0 Å². The van der Waals surface area contributed by atoms with Gasteiger partial charge in [0.2, 0.25) is 0 Å². The lowest BCUT2D eigenvalue weighted by atomic mass is 10.2. The van der Waals surface area contributed by atoms with Gasteiger partial charge in [0.25, 0.3) is 0 Å². The molecule has 1 fully saturated rings. The molecule has 0 atom stereocenters. The standard InChI is InChI=1S/C15H17ClFN3S/c16-9-13-11-21-15(18-13)10-19-5-7-20(8-6-19)14-3-1-12(17)2-4-14/h1-4,11H,5-10H2. The molecule has 2 heterocycles. The van der Waals surface area contributed by atoms with Crippen LogP contribution < -0.4 is 4.90 Å². The summed E-state index contributed by atoms with van der Waals surface area (Å²) in [5, 5.41) is 3.15. The third-order valence-corrected chi connectivity index (χ3v) is 4.82. The van der Waals surface area contributed by atoms with E-state index in [1.54, 1.807) is 11.3 Å². The largest absolute Gasteiger partial charge is 0.369 e. The van der Waals surface area contributed by atoms with Gasteiger partial charge >= 0.3 is 0 Å². The highest BCUT2D eigenvalue weighted by Crippen LogP contribution is 2.19. The van der Waals surface area contributed by atoms with Gasteiger partial charge in [0.1, 0.15) is 10.8 Å². The second kappa shape index (κ2) is 6.73. The van der Waals surface area contributed by atoms with E-state index >= 15 is 0 Å². The third-order valence-electron chi connectivity index (χ3n) is 3.66. The lowest BCUT2D eigenvalue weighted by Gasteiger charge is -2.35. The van der Waals surface area contributed by atoms with Crippen LogP contribution in [0.2, 0.25) is 0 Å². The zero-order valence-corrected chi connectivity index (χ0v) is 13.2. The summed E-state index contributed by atoms with van der Waals surface area (Å²) in [6.07, 6.45) is 0. The SMILES string of the molecule is Fc1ccc(N2CCN(Cc3nc(CCl)cs3)CC2)cc1. The van der Waals surface area contributed by atoms with E-state index in [9.17, 15) is 4.39 Å². The smallest absolute Gasteiger partial charge is 0.123 e. The fourth-order valence-electron chi connectivity index (χ4n) is 2.49. The maximum atomic E-state index is 12.9. The Morgan fingerprint density at radius 3 is 2.48 bits per heavy atom. The molecule has 1 aromatic carbocycles. The first kappa shape index (κ1) is 14.8. The molecule has 21 heavy (non-hydrogen) atoms. The molecule has 3 rings (SSSR count). The normalized spacial score (nSPS) is 16.4. The Morgan fingerprint density at radius 1 is 1.14 bits per heavy atom. The van der Waals surface area contributed by atoms with Crippen LogP contribution in [-0.2, 0) is 12.4 Å². The maximum absolute atomic E-state index is 12.9. The number of aromatic nitrogens is 1. The molecule has 0 spiro atoms. The number of halogens is 2. The van der Waals surface area contributed by atoms with Gasteiger partial charge in [-0.3, -0.25) is 4.90 Å². The van der Waals surface area contributed by atoms with E-state index < -0.39 is 0 Å². The minimum Gasteiger partial charge on any atom is -0.369 e. The van der Waals surface area contributed by atoms with Gasteiger partial charge in [0.05, 0.1) is 18.1 Å². The van der Waals surface area contributed by atoms with E-state index in [0.29, 0.717) is 5.88 Å². The van der Waals surface area contributed by atoms with E-state index in [1.165, 1.54) is 12.1 Å². The van der Waals surface area contributed by atoms with Crippen LogP contribution in [0.15, 0.2) is 29.6 Å². The molecule has 0 unspecified atom stereocenters. The second-order valence-corrected chi connectivity index (χ2v) is 6.32. The maximum Gasteiger partial charge on any atom is 0.123 e. The molecule has 3 nitrogen and oxygen atoms in total. The molecule has 1 aliphatic heterocycles. The summed E-state index contributed by atoms with van der Waals surface area (Å²) >= 11 is 7.45. The number of hydrogen-bond donors (Lipinski definition) is 0. The Labute approximate surface area is 133 Å². The average molecular weight is 326 g/mol. The van der Waals surface area contributed by atoms with Crippen molar-refractivity contribution in [3.63, 3.8) is 0 Å². The molecular weight excluding hydrogens is 309 g/mol. The summed E-state index contributed by atoms with van der Waals surface area (Å²) in [7, 11) is 0. The molecule has 1 saturated heterocycles. The summed E-state index contributed by atoms with van der Waals surface area (Å²) in [4.78, 5) is 9.19. The van der Waals surface area contributed by atoms with Crippen molar-refractivity contribution in [3.05, 3.63) is 46.2 Å². The Morgan fingerprint density at radius 2 is 1.86 bits per heavy atom. The topological polar surface area (TPSA) is 19.4 Å². The number of alkyl halides is 1. The number of thiazole rings is 1. The van der Waals surface area contributed by atoms with Gasteiger partial charge in [0, 0.05) is 37.2 Å². The van der Waals surface area contributed by atoms with Crippen LogP contribution >= 0.6 is 22.9 Å². The predicted molar refractivity (Wildman–Crippen MR) is 85.6 cm³/mol. The lowest BCUT2D eigenvalue weighted by Crippen LogP contribution is -2.45. The highest BCUT2D eigenvalue weighted by Gasteiger charge is 2.18. The summed E-state index contributed by atoms with van der Waals surface area (Å²) in [6.45, 7) is 4.79. The van der Waals surface area contributed by atoms with E-state index in [2.05, 4.69) is 14.8 Å². The van der Waals surface area contributed by atoms with Crippen LogP contribution in [0.25, 0.3) is 0 Å². The molecular formula is C15H17ClFN3S. The quantitative estimate of drug-likeness (QED) is 0.804. The second-order valence-electron chi connectivity index (χ2n) is 5.11. The molecule has 0 N–H and O–H groups in total. The van der Waals surface area contributed by atoms with Crippen LogP contribution in [-0.4, -0.2) is 36.1 Å². The van der Waals surface area contributed by atoms with E-state index in [1.807, 2.05) is 17.5 Å². The first-order valence-electron chi connectivity index (χ1n) is 6.97. The fraction of sp³-hybridized carbons (Fsp3) is 0.400. The zero-order chi connectivity index (χ0) is 14.7. The van der Waals surface area contributed by atoms with Gasteiger partial charge in [-0.25, -0.2) is 9.37 Å². The minimum atomic E-state index is -0.184. The van der Waals surface area contributed by atoms with Crippen molar-refractivity contribution < 1.29 is 4.39 Å². The first-order valence-corrected chi connectivity index (χ1v) is 8.38. The Bertz CT molecular complexity index is 579. The molecule has 1 aliphatic rings. The van der Waals surface area contributed by atoms with E-state index in [0.717, 1.165) is 49.1 Å². The van der Waals surface area contributed by atoms with Crippen molar-refractivity contribution in [1.29, 1.82) is 0 Å². The van der Waals surface area contributed by atoms with Crippen LogP contribution in [0, 0.1) is 5.82 Å². The Balaban J connectivity index is 1.54. The van der Waals surface area contributed by atoms with Gasteiger partial charge in [-0.2, -0.15) is 0 Å². The van der Waals surface area contributed by atoms with Crippen molar-refractivity contribution in [3.8, 4) is 0 Å². The molecule has 0 bridgehead atoms. The van der Waals surface area contributed by atoms with E-state index in [4.69, 9.17) is 11.6 Å².